The second-order valence-electron chi connectivity index (χ2n) is 5.83. The molecule has 1 aliphatic rings. The maximum atomic E-state index is 12.5. The van der Waals surface area contributed by atoms with Gasteiger partial charge in [-0.05, 0) is 55.7 Å². The van der Waals surface area contributed by atoms with E-state index in [9.17, 15) is 14.4 Å². The lowest BCUT2D eigenvalue weighted by molar-refractivity contribution is -0.116. The van der Waals surface area contributed by atoms with Crippen molar-refractivity contribution in [3.05, 3.63) is 59.2 Å². The third-order valence-corrected chi connectivity index (χ3v) is 4.05. The van der Waals surface area contributed by atoms with Gasteiger partial charge in [0.15, 0.2) is 5.78 Å². The largest absolute Gasteiger partial charge is 0.326 e. The predicted octanol–water partition coefficient (Wildman–Crippen LogP) is 3.42. The fourth-order valence-corrected chi connectivity index (χ4v) is 2.81. The molecule has 0 aliphatic carbocycles. The summed E-state index contributed by atoms with van der Waals surface area (Å²) in [4.78, 5) is 35.8. The van der Waals surface area contributed by atoms with Crippen molar-refractivity contribution in [1.82, 2.24) is 0 Å². The number of Topliss-reactive ketones (excluding diaryl/α,β-unsaturated/α-hetero) is 1. The summed E-state index contributed by atoms with van der Waals surface area (Å²) in [6, 6.07) is 12.2. The van der Waals surface area contributed by atoms with E-state index in [4.69, 9.17) is 0 Å². The molecule has 0 bridgehead atoms. The molecule has 5 nitrogen and oxygen atoms in total. The normalized spacial score (nSPS) is 13.5. The number of ketones is 1. The number of carbonyl (C=O) groups excluding carboxylic acids is 3. The molecule has 0 spiro atoms. The molecule has 0 saturated carbocycles. The van der Waals surface area contributed by atoms with Gasteiger partial charge in [0.25, 0.3) is 5.91 Å². The van der Waals surface area contributed by atoms with E-state index in [0.717, 1.165) is 24.1 Å². The number of fused-ring (bicyclic) bond motifs is 1. The first-order valence-corrected chi connectivity index (χ1v) is 7.88. The topological polar surface area (TPSA) is 75.3 Å². The summed E-state index contributed by atoms with van der Waals surface area (Å²) < 4.78 is 0. The smallest absolute Gasteiger partial charge is 0.255 e. The van der Waals surface area contributed by atoms with E-state index >= 15 is 0 Å². The van der Waals surface area contributed by atoms with Crippen molar-refractivity contribution in [1.29, 1.82) is 0 Å². The van der Waals surface area contributed by atoms with Gasteiger partial charge in [0.05, 0.1) is 5.69 Å². The van der Waals surface area contributed by atoms with Gasteiger partial charge in [-0.25, -0.2) is 0 Å². The van der Waals surface area contributed by atoms with Gasteiger partial charge in [0.1, 0.15) is 0 Å². The van der Waals surface area contributed by atoms with Crippen LogP contribution in [0.3, 0.4) is 0 Å². The zero-order valence-electron chi connectivity index (χ0n) is 13.4. The van der Waals surface area contributed by atoms with Crippen molar-refractivity contribution in [2.75, 3.05) is 10.6 Å². The number of carbonyl (C=O) groups is 3. The Labute approximate surface area is 140 Å². The van der Waals surface area contributed by atoms with Crippen LogP contribution in [0, 0.1) is 0 Å². The minimum atomic E-state index is -0.276. The fourth-order valence-electron chi connectivity index (χ4n) is 2.81. The lowest BCUT2D eigenvalue weighted by Gasteiger charge is -2.11. The van der Waals surface area contributed by atoms with E-state index in [1.165, 1.54) is 6.92 Å². The van der Waals surface area contributed by atoms with E-state index in [1.807, 2.05) is 0 Å². The Hall–Kier alpha value is -2.95. The first-order chi connectivity index (χ1) is 11.5. The number of amides is 2. The Bertz CT molecular complexity index is 827. The lowest BCUT2D eigenvalue weighted by atomic mass is 10.0. The number of anilines is 2. The van der Waals surface area contributed by atoms with Crippen molar-refractivity contribution in [2.45, 2.75) is 26.2 Å². The Kier molecular flexibility index (Phi) is 4.42. The first-order valence-electron chi connectivity index (χ1n) is 7.88. The molecule has 122 valence electrons. The number of rotatable bonds is 3. The summed E-state index contributed by atoms with van der Waals surface area (Å²) >= 11 is 0. The van der Waals surface area contributed by atoms with Gasteiger partial charge in [-0.15, -0.1) is 0 Å². The molecular weight excluding hydrogens is 304 g/mol. The van der Waals surface area contributed by atoms with Gasteiger partial charge in [-0.1, -0.05) is 12.1 Å². The van der Waals surface area contributed by atoms with E-state index in [1.54, 1.807) is 42.5 Å². The number of hydrogen-bond donors (Lipinski definition) is 2. The van der Waals surface area contributed by atoms with Crippen LogP contribution in [-0.4, -0.2) is 17.6 Å². The van der Waals surface area contributed by atoms with Gasteiger partial charge in [0, 0.05) is 23.2 Å². The number of aryl methyl sites for hydroxylation is 1. The van der Waals surface area contributed by atoms with Crippen LogP contribution in [0.4, 0.5) is 11.4 Å². The summed E-state index contributed by atoms with van der Waals surface area (Å²) in [6.45, 7) is 1.47. The molecule has 24 heavy (non-hydrogen) atoms. The molecule has 1 aliphatic heterocycles. The molecule has 5 heteroatoms. The van der Waals surface area contributed by atoms with Crippen molar-refractivity contribution in [2.24, 2.45) is 0 Å². The Balaban J connectivity index is 1.85. The predicted molar refractivity (Wildman–Crippen MR) is 92.4 cm³/mol. The first kappa shape index (κ1) is 15.9. The lowest BCUT2D eigenvalue weighted by Crippen LogP contribution is -2.15. The van der Waals surface area contributed by atoms with Crippen LogP contribution in [0.2, 0.25) is 0 Å². The summed E-state index contributed by atoms with van der Waals surface area (Å²) in [5, 5.41) is 5.64. The number of nitrogens with one attached hydrogen (secondary N) is 2. The van der Waals surface area contributed by atoms with E-state index in [-0.39, 0.29) is 17.6 Å². The Morgan fingerprint density at radius 3 is 2.67 bits per heavy atom. The van der Waals surface area contributed by atoms with Gasteiger partial charge < -0.3 is 10.6 Å². The minimum absolute atomic E-state index is 0.00124. The van der Waals surface area contributed by atoms with Crippen molar-refractivity contribution < 1.29 is 14.4 Å². The average molecular weight is 322 g/mol. The van der Waals surface area contributed by atoms with Crippen LogP contribution in [0.5, 0.6) is 0 Å². The van der Waals surface area contributed by atoms with Crippen molar-refractivity contribution in [3.63, 3.8) is 0 Å². The molecule has 0 unspecified atom stereocenters. The third-order valence-electron chi connectivity index (χ3n) is 4.05. The van der Waals surface area contributed by atoms with Crippen LogP contribution >= 0.6 is 0 Å². The van der Waals surface area contributed by atoms with Crippen LogP contribution in [-0.2, 0) is 11.2 Å². The second kappa shape index (κ2) is 6.66. The molecule has 0 saturated heterocycles. The maximum Gasteiger partial charge on any atom is 0.255 e. The van der Waals surface area contributed by atoms with Crippen LogP contribution < -0.4 is 10.6 Å². The molecule has 2 aromatic carbocycles. The standard InChI is InChI=1S/C19H18N2O3/c1-12(22)15-6-2-3-7-17(15)21-19(24)14-9-10-16-13(11-14)5-4-8-18(23)20-16/h2-3,6-7,9-11H,4-5,8H2,1H3,(H,20,23)(H,21,24). The number of hydrogen-bond acceptors (Lipinski definition) is 3. The van der Waals surface area contributed by atoms with Gasteiger partial charge in [-0.3, -0.25) is 14.4 Å². The van der Waals surface area contributed by atoms with E-state index in [0.29, 0.717) is 23.2 Å². The van der Waals surface area contributed by atoms with Crippen LogP contribution in [0.1, 0.15) is 46.0 Å². The molecular formula is C19H18N2O3. The van der Waals surface area contributed by atoms with Gasteiger partial charge in [-0.2, -0.15) is 0 Å². The Morgan fingerprint density at radius 1 is 1.08 bits per heavy atom. The number of benzene rings is 2. The molecule has 2 N–H and O–H groups in total. The summed E-state index contributed by atoms with van der Waals surface area (Å²) in [7, 11) is 0. The number of para-hydroxylation sites is 1. The molecule has 0 atom stereocenters. The van der Waals surface area contributed by atoms with Crippen molar-refractivity contribution >= 4 is 29.0 Å². The molecule has 1 heterocycles. The maximum absolute atomic E-state index is 12.5. The molecule has 0 aromatic heterocycles. The van der Waals surface area contributed by atoms with Crippen molar-refractivity contribution in [3.8, 4) is 0 Å². The van der Waals surface area contributed by atoms with Gasteiger partial charge in [0.2, 0.25) is 5.91 Å². The molecule has 2 aromatic rings. The molecule has 3 rings (SSSR count). The highest BCUT2D eigenvalue weighted by atomic mass is 16.2. The second-order valence-corrected chi connectivity index (χ2v) is 5.83. The molecule has 2 amide bonds. The Morgan fingerprint density at radius 2 is 1.88 bits per heavy atom. The monoisotopic (exact) mass is 322 g/mol. The average Bonchev–Trinajstić information content (AvgIpc) is 2.74. The fraction of sp³-hybridized carbons (Fsp3) is 0.211. The minimum Gasteiger partial charge on any atom is -0.326 e. The SMILES string of the molecule is CC(=O)c1ccccc1NC(=O)c1ccc2c(c1)CCCC(=O)N2. The van der Waals surface area contributed by atoms with Crippen LogP contribution in [0.15, 0.2) is 42.5 Å². The van der Waals surface area contributed by atoms with E-state index in [2.05, 4.69) is 10.6 Å². The zero-order chi connectivity index (χ0) is 17.1. The summed E-state index contributed by atoms with van der Waals surface area (Å²) in [6.07, 6.45) is 2.00. The third kappa shape index (κ3) is 3.35. The summed E-state index contributed by atoms with van der Waals surface area (Å²) in [5.74, 6) is -0.376. The molecule has 0 radical (unpaired) electrons. The zero-order valence-corrected chi connectivity index (χ0v) is 13.4. The van der Waals surface area contributed by atoms with Gasteiger partial charge >= 0.3 is 0 Å². The van der Waals surface area contributed by atoms with Crippen LogP contribution in [0.25, 0.3) is 0 Å². The quantitative estimate of drug-likeness (QED) is 0.850. The highest BCUT2D eigenvalue weighted by Crippen LogP contribution is 2.24. The summed E-state index contributed by atoms with van der Waals surface area (Å²) in [5.41, 5.74) is 3.20. The molecule has 0 fully saturated rings. The highest BCUT2D eigenvalue weighted by molar-refractivity contribution is 6.09. The highest BCUT2D eigenvalue weighted by Gasteiger charge is 2.16. The van der Waals surface area contributed by atoms with E-state index < -0.39 is 0 Å².